The largest absolute Gasteiger partial charge is 0.301 e. The molecule has 0 spiro atoms. The number of rotatable bonds is 3. The smallest absolute Gasteiger partial charge is 0.0126 e. The van der Waals surface area contributed by atoms with E-state index in [0.29, 0.717) is 11.1 Å². The Bertz CT molecular complexity index is 350. The first-order valence-electron chi connectivity index (χ1n) is 9.78. The number of hydrogen-bond acceptors (Lipinski definition) is 3. The predicted molar refractivity (Wildman–Crippen MR) is 101 cm³/mol. The van der Waals surface area contributed by atoms with Crippen molar-refractivity contribution in [3.05, 3.63) is 0 Å². The molecule has 2 fully saturated rings. The zero-order valence-electron chi connectivity index (χ0n) is 16.9. The first-order chi connectivity index (χ1) is 10.6. The quantitative estimate of drug-likeness (QED) is 0.784. The Labute approximate surface area is 145 Å². The molecule has 0 radical (unpaired) electrons. The van der Waals surface area contributed by atoms with E-state index in [9.17, 15) is 0 Å². The highest BCUT2D eigenvalue weighted by molar-refractivity contribution is 4.87. The normalized spacial score (nSPS) is 29.2. The highest BCUT2D eigenvalue weighted by atomic mass is 15.3. The minimum atomic E-state index is 0.306. The Morgan fingerprint density at radius 2 is 1.35 bits per heavy atom. The molecule has 0 unspecified atom stereocenters. The Morgan fingerprint density at radius 1 is 0.826 bits per heavy atom. The van der Waals surface area contributed by atoms with Crippen molar-refractivity contribution in [1.29, 1.82) is 0 Å². The van der Waals surface area contributed by atoms with E-state index in [0.717, 1.165) is 12.0 Å². The molecular weight excluding hydrogens is 282 g/mol. The van der Waals surface area contributed by atoms with Crippen molar-refractivity contribution in [3.63, 3.8) is 0 Å². The van der Waals surface area contributed by atoms with Crippen molar-refractivity contribution in [3.8, 4) is 0 Å². The maximum Gasteiger partial charge on any atom is 0.0126 e. The molecule has 1 saturated carbocycles. The standard InChI is InChI=1S/C20H41N3/c1-19(2,3)21(7)18-10-8-17(9-11-18)16-22-12-14-23(15-13-22)20(4,5)6/h17-18H,8-16H2,1-7H3/t17-,18-. The summed E-state index contributed by atoms with van der Waals surface area (Å²) >= 11 is 0. The molecule has 0 aromatic heterocycles. The molecule has 0 bridgehead atoms. The number of nitrogens with zero attached hydrogens (tertiary/aromatic N) is 3. The molecule has 1 saturated heterocycles. The Morgan fingerprint density at radius 3 is 1.78 bits per heavy atom. The molecule has 1 aliphatic carbocycles. The minimum Gasteiger partial charge on any atom is -0.301 e. The summed E-state index contributed by atoms with van der Waals surface area (Å²) in [5.41, 5.74) is 0.641. The number of hydrogen-bond donors (Lipinski definition) is 0. The molecule has 0 aromatic rings. The third kappa shape index (κ3) is 5.44. The van der Waals surface area contributed by atoms with E-state index in [-0.39, 0.29) is 0 Å². The van der Waals surface area contributed by atoms with Crippen LogP contribution in [0.5, 0.6) is 0 Å². The van der Waals surface area contributed by atoms with Crippen LogP contribution in [0.15, 0.2) is 0 Å². The lowest BCUT2D eigenvalue weighted by Crippen LogP contribution is -2.54. The average Bonchev–Trinajstić information content (AvgIpc) is 2.46. The van der Waals surface area contributed by atoms with E-state index in [4.69, 9.17) is 0 Å². The van der Waals surface area contributed by atoms with Crippen molar-refractivity contribution in [2.45, 2.75) is 84.3 Å². The second kappa shape index (κ2) is 7.41. The Hall–Kier alpha value is -0.120. The summed E-state index contributed by atoms with van der Waals surface area (Å²) in [4.78, 5) is 7.96. The van der Waals surface area contributed by atoms with Gasteiger partial charge in [-0.15, -0.1) is 0 Å². The predicted octanol–water partition coefficient (Wildman–Crippen LogP) is 3.69. The molecule has 23 heavy (non-hydrogen) atoms. The maximum atomic E-state index is 2.72. The highest BCUT2D eigenvalue weighted by Gasteiger charge is 2.31. The van der Waals surface area contributed by atoms with E-state index in [1.54, 1.807) is 0 Å². The van der Waals surface area contributed by atoms with Gasteiger partial charge in [0.2, 0.25) is 0 Å². The van der Waals surface area contributed by atoms with E-state index in [2.05, 4.69) is 63.3 Å². The zero-order valence-corrected chi connectivity index (χ0v) is 16.9. The van der Waals surface area contributed by atoms with Crippen LogP contribution in [0.2, 0.25) is 0 Å². The fourth-order valence-electron chi connectivity index (χ4n) is 4.23. The van der Waals surface area contributed by atoms with Crippen LogP contribution in [-0.2, 0) is 0 Å². The van der Waals surface area contributed by atoms with Gasteiger partial charge in [0.1, 0.15) is 0 Å². The molecule has 136 valence electrons. The van der Waals surface area contributed by atoms with Crippen LogP contribution in [0.1, 0.15) is 67.2 Å². The van der Waals surface area contributed by atoms with Gasteiger partial charge >= 0.3 is 0 Å². The molecule has 0 atom stereocenters. The first-order valence-corrected chi connectivity index (χ1v) is 9.78. The topological polar surface area (TPSA) is 9.72 Å². The molecule has 1 heterocycles. The first kappa shape index (κ1) is 19.2. The zero-order chi connectivity index (χ0) is 17.3. The summed E-state index contributed by atoms with van der Waals surface area (Å²) < 4.78 is 0. The van der Waals surface area contributed by atoms with Gasteiger partial charge in [-0.25, -0.2) is 0 Å². The van der Waals surface area contributed by atoms with E-state index >= 15 is 0 Å². The molecular formula is C20H41N3. The molecule has 3 heteroatoms. The van der Waals surface area contributed by atoms with Crippen LogP contribution >= 0.6 is 0 Å². The molecule has 3 nitrogen and oxygen atoms in total. The molecule has 0 N–H and O–H groups in total. The van der Waals surface area contributed by atoms with Crippen LogP contribution < -0.4 is 0 Å². The molecule has 2 aliphatic rings. The summed E-state index contributed by atoms with van der Waals surface area (Å²) in [7, 11) is 2.32. The van der Waals surface area contributed by atoms with Gasteiger partial charge in [-0.3, -0.25) is 9.80 Å². The van der Waals surface area contributed by atoms with Crippen molar-refractivity contribution >= 4 is 0 Å². The third-order valence-corrected chi connectivity index (χ3v) is 6.26. The lowest BCUT2D eigenvalue weighted by atomic mass is 9.83. The highest BCUT2D eigenvalue weighted by Crippen LogP contribution is 2.31. The van der Waals surface area contributed by atoms with E-state index in [1.165, 1.54) is 58.4 Å². The maximum absolute atomic E-state index is 2.72. The van der Waals surface area contributed by atoms with Crippen molar-refractivity contribution in [2.24, 2.45) is 5.92 Å². The fourth-order valence-corrected chi connectivity index (χ4v) is 4.23. The van der Waals surface area contributed by atoms with Crippen LogP contribution in [0.3, 0.4) is 0 Å². The van der Waals surface area contributed by atoms with Gasteiger partial charge in [0.25, 0.3) is 0 Å². The van der Waals surface area contributed by atoms with Gasteiger partial charge in [0, 0.05) is 49.8 Å². The molecule has 0 aromatic carbocycles. The molecule has 1 aliphatic heterocycles. The van der Waals surface area contributed by atoms with Crippen LogP contribution in [0.4, 0.5) is 0 Å². The summed E-state index contributed by atoms with van der Waals surface area (Å²) in [5, 5.41) is 0. The molecule has 2 rings (SSSR count). The monoisotopic (exact) mass is 323 g/mol. The lowest BCUT2D eigenvalue weighted by Gasteiger charge is -2.45. The van der Waals surface area contributed by atoms with Gasteiger partial charge in [-0.2, -0.15) is 0 Å². The Balaban J connectivity index is 1.71. The second-order valence-corrected chi connectivity index (χ2v) is 9.91. The SMILES string of the molecule is CN([C@H]1CC[C@H](CN2CCN(C(C)(C)C)CC2)CC1)C(C)(C)C. The lowest BCUT2D eigenvalue weighted by molar-refractivity contribution is 0.0411. The summed E-state index contributed by atoms with van der Waals surface area (Å²) in [6.07, 6.45) is 5.62. The minimum absolute atomic E-state index is 0.306. The fraction of sp³-hybridized carbons (Fsp3) is 1.00. The van der Waals surface area contributed by atoms with E-state index < -0.39 is 0 Å². The van der Waals surface area contributed by atoms with Crippen LogP contribution in [0.25, 0.3) is 0 Å². The van der Waals surface area contributed by atoms with Crippen LogP contribution in [-0.4, -0.2) is 71.6 Å². The number of piperazine rings is 1. The molecule has 0 amide bonds. The van der Waals surface area contributed by atoms with Crippen molar-refractivity contribution in [2.75, 3.05) is 39.8 Å². The van der Waals surface area contributed by atoms with E-state index in [1.807, 2.05) is 0 Å². The Kier molecular flexibility index (Phi) is 6.19. The van der Waals surface area contributed by atoms with Gasteiger partial charge in [0.05, 0.1) is 0 Å². The summed E-state index contributed by atoms with van der Waals surface area (Å²) in [6, 6.07) is 0.795. The average molecular weight is 324 g/mol. The second-order valence-electron chi connectivity index (χ2n) is 9.91. The van der Waals surface area contributed by atoms with Gasteiger partial charge in [0.15, 0.2) is 0 Å². The van der Waals surface area contributed by atoms with Gasteiger partial charge in [-0.05, 0) is 80.2 Å². The van der Waals surface area contributed by atoms with Crippen molar-refractivity contribution < 1.29 is 0 Å². The summed E-state index contributed by atoms with van der Waals surface area (Å²) in [6.45, 7) is 20.4. The van der Waals surface area contributed by atoms with Crippen molar-refractivity contribution in [1.82, 2.24) is 14.7 Å². The van der Waals surface area contributed by atoms with Crippen LogP contribution in [0, 0.1) is 5.92 Å². The van der Waals surface area contributed by atoms with Gasteiger partial charge < -0.3 is 4.90 Å². The summed E-state index contributed by atoms with van der Waals surface area (Å²) in [5.74, 6) is 0.931. The third-order valence-electron chi connectivity index (χ3n) is 6.26. The van der Waals surface area contributed by atoms with Gasteiger partial charge in [-0.1, -0.05) is 0 Å².